The molecule has 0 radical (unpaired) electrons. The monoisotopic (exact) mass is 389 g/mol. The summed E-state index contributed by atoms with van der Waals surface area (Å²) >= 11 is 3.89. The van der Waals surface area contributed by atoms with Gasteiger partial charge in [-0.3, -0.25) is 4.79 Å². The van der Waals surface area contributed by atoms with Crippen LogP contribution in [-0.4, -0.2) is 31.1 Å². The van der Waals surface area contributed by atoms with Crippen molar-refractivity contribution in [1.29, 1.82) is 0 Å². The number of rotatable bonds is 7. The Morgan fingerprint density at radius 1 is 1.15 bits per heavy atom. The molecule has 0 unspecified atom stereocenters. The van der Waals surface area contributed by atoms with Gasteiger partial charge in [-0.25, -0.2) is 0 Å². The Morgan fingerprint density at radius 3 is 2.58 bits per heavy atom. The number of hydrogen-bond donors (Lipinski definition) is 1. The van der Waals surface area contributed by atoms with Crippen LogP contribution in [0.1, 0.15) is 28.7 Å². The molecule has 138 valence electrons. The van der Waals surface area contributed by atoms with Crippen LogP contribution >= 0.6 is 23.5 Å². The highest BCUT2D eigenvalue weighted by Gasteiger charge is 2.20. The van der Waals surface area contributed by atoms with Gasteiger partial charge >= 0.3 is 0 Å². The van der Waals surface area contributed by atoms with Gasteiger partial charge < -0.3 is 14.8 Å². The fourth-order valence-electron chi connectivity index (χ4n) is 2.75. The van der Waals surface area contributed by atoms with E-state index in [9.17, 15) is 4.79 Å². The van der Waals surface area contributed by atoms with Gasteiger partial charge in [0.1, 0.15) is 0 Å². The second kappa shape index (κ2) is 9.24. The molecule has 1 amide bonds. The first kappa shape index (κ1) is 19.0. The van der Waals surface area contributed by atoms with Gasteiger partial charge in [-0.05, 0) is 30.2 Å². The minimum Gasteiger partial charge on any atom is -0.493 e. The molecule has 0 aromatic heterocycles. The molecule has 6 heteroatoms. The largest absolute Gasteiger partial charge is 0.493 e. The highest BCUT2D eigenvalue weighted by molar-refractivity contribution is 8.19. The van der Waals surface area contributed by atoms with Crippen LogP contribution in [-0.2, 0) is 4.79 Å². The summed E-state index contributed by atoms with van der Waals surface area (Å²) in [5.41, 5.74) is 2.29. The summed E-state index contributed by atoms with van der Waals surface area (Å²) in [7, 11) is 1.62. The smallest absolute Gasteiger partial charge is 0.258 e. The highest BCUT2D eigenvalue weighted by Crippen LogP contribution is 2.46. The van der Waals surface area contributed by atoms with Crippen LogP contribution in [0.2, 0.25) is 0 Å². The molecule has 2 aromatic rings. The molecule has 0 saturated carbocycles. The molecule has 4 nitrogen and oxygen atoms in total. The van der Waals surface area contributed by atoms with Gasteiger partial charge in [-0.1, -0.05) is 36.4 Å². The number of ether oxygens (including phenoxy) is 2. The molecular weight excluding hydrogens is 366 g/mol. The Morgan fingerprint density at radius 2 is 1.88 bits per heavy atom. The van der Waals surface area contributed by atoms with E-state index in [1.54, 1.807) is 7.11 Å². The van der Waals surface area contributed by atoms with E-state index in [2.05, 4.69) is 11.4 Å². The Labute approximate surface area is 163 Å². The molecule has 0 bridgehead atoms. The molecule has 2 aromatic carbocycles. The molecular formula is C20H23NO3S2. The zero-order valence-corrected chi connectivity index (χ0v) is 16.6. The maximum atomic E-state index is 12.2. The van der Waals surface area contributed by atoms with Crippen molar-refractivity contribution in [3.8, 4) is 11.5 Å². The van der Waals surface area contributed by atoms with Crippen LogP contribution in [0.4, 0.5) is 0 Å². The number of carbonyl (C=O) groups is 1. The fourth-order valence-corrected chi connectivity index (χ4v) is 5.59. The van der Waals surface area contributed by atoms with Gasteiger partial charge in [-0.15, -0.1) is 23.5 Å². The first-order chi connectivity index (χ1) is 12.7. The van der Waals surface area contributed by atoms with E-state index in [1.807, 2.05) is 72.9 Å². The van der Waals surface area contributed by atoms with Crippen LogP contribution < -0.4 is 14.8 Å². The van der Waals surface area contributed by atoms with Gasteiger partial charge in [0.15, 0.2) is 18.1 Å². The SMILES string of the molecule is COc1cc(C2SCCS2)ccc1OCC(=O)N[C@@H](C)c1ccccc1. The Kier molecular flexibility index (Phi) is 6.74. The number of carbonyl (C=O) groups excluding carboxylic acids is 1. The first-order valence-corrected chi connectivity index (χ1v) is 10.7. The lowest BCUT2D eigenvalue weighted by atomic mass is 10.1. The number of hydrogen-bond acceptors (Lipinski definition) is 5. The van der Waals surface area contributed by atoms with E-state index in [0.717, 1.165) is 5.56 Å². The first-order valence-electron chi connectivity index (χ1n) is 8.55. The van der Waals surface area contributed by atoms with Gasteiger partial charge in [0.25, 0.3) is 5.91 Å². The van der Waals surface area contributed by atoms with Crippen LogP contribution in [0.15, 0.2) is 48.5 Å². The van der Waals surface area contributed by atoms with Gasteiger partial charge in [0.05, 0.1) is 17.7 Å². The maximum absolute atomic E-state index is 12.2. The van der Waals surface area contributed by atoms with Gasteiger partial charge in [-0.2, -0.15) is 0 Å². The zero-order valence-electron chi connectivity index (χ0n) is 14.9. The van der Waals surface area contributed by atoms with E-state index in [0.29, 0.717) is 16.1 Å². The highest BCUT2D eigenvalue weighted by atomic mass is 32.2. The van der Waals surface area contributed by atoms with Crippen molar-refractivity contribution in [3.63, 3.8) is 0 Å². The topological polar surface area (TPSA) is 47.6 Å². The molecule has 1 heterocycles. The van der Waals surface area contributed by atoms with Crippen LogP contribution in [0.25, 0.3) is 0 Å². The van der Waals surface area contributed by atoms with E-state index >= 15 is 0 Å². The van der Waals surface area contributed by atoms with E-state index < -0.39 is 0 Å². The van der Waals surface area contributed by atoms with Crippen molar-refractivity contribution in [2.45, 2.75) is 17.5 Å². The number of amides is 1. The van der Waals surface area contributed by atoms with Crippen molar-refractivity contribution in [1.82, 2.24) is 5.32 Å². The molecule has 0 spiro atoms. The lowest BCUT2D eigenvalue weighted by molar-refractivity contribution is -0.123. The Bertz CT molecular complexity index is 733. The standard InChI is InChI=1S/C20H23NO3S2/c1-14(15-6-4-3-5-7-15)21-19(22)13-24-17-9-8-16(12-18(17)23-2)20-25-10-11-26-20/h3-9,12,14,20H,10-11,13H2,1-2H3,(H,21,22)/t14-/m0/s1. The summed E-state index contributed by atoms with van der Waals surface area (Å²) in [6, 6.07) is 15.8. The molecule has 1 N–H and O–H groups in total. The molecule has 26 heavy (non-hydrogen) atoms. The third kappa shape index (κ3) is 4.89. The molecule has 1 saturated heterocycles. The summed E-state index contributed by atoms with van der Waals surface area (Å²) in [4.78, 5) is 12.2. The van der Waals surface area contributed by atoms with Crippen LogP contribution in [0, 0.1) is 0 Å². The normalized spacial score (nSPS) is 15.5. The third-order valence-corrected chi connectivity index (χ3v) is 7.22. The Balaban J connectivity index is 1.57. The van der Waals surface area contributed by atoms with Crippen molar-refractivity contribution < 1.29 is 14.3 Å². The number of thioether (sulfide) groups is 2. The number of methoxy groups -OCH3 is 1. The van der Waals surface area contributed by atoms with Crippen molar-refractivity contribution in [2.24, 2.45) is 0 Å². The predicted molar refractivity (Wildman–Crippen MR) is 109 cm³/mol. The zero-order chi connectivity index (χ0) is 18.4. The van der Waals surface area contributed by atoms with Crippen LogP contribution in [0.3, 0.4) is 0 Å². The van der Waals surface area contributed by atoms with E-state index in [4.69, 9.17) is 9.47 Å². The average Bonchev–Trinajstić information content (AvgIpc) is 3.21. The summed E-state index contributed by atoms with van der Waals surface area (Å²) in [6.07, 6.45) is 0. The molecule has 1 aliphatic heterocycles. The van der Waals surface area contributed by atoms with Crippen molar-refractivity contribution in [2.75, 3.05) is 25.2 Å². The second-order valence-corrected chi connectivity index (χ2v) is 8.70. The van der Waals surface area contributed by atoms with Gasteiger partial charge in [0, 0.05) is 11.5 Å². The summed E-state index contributed by atoms with van der Waals surface area (Å²) in [5, 5.41) is 2.95. The predicted octanol–water partition coefficient (Wildman–Crippen LogP) is 4.43. The number of nitrogens with one attached hydrogen (secondary N) is 1. The maximum Gasteiger partial charge on any atom is 0.258 e. The summed E-state index contributed by atoms with van der Waals surface area (Å²) < 4.78 is 11.6. The molecule has 3 rings (SSSR count). The van der Waals surface area contributed by atoms with Crippen LogP contribution in [0.5, 0.6) is 11.5 Å². The van der Waals surface area contributed by atoms with Gasteiger partial charge in [0.2, 0.25) is 0 Å². The van der Waals surface area contributed by atoms with Crippen molar-refractivity contribution in [3.05, 3.63) is 59.7 Å². The molecule has 1 fully saturated rings. The minimum atomic E-state index is -0.158. The molecule has 1 atom stereocenters. The van der Waals surface area contributed by atoms with E-state index in [1.165, 1.54) is 17.1 Å². The summed E-state index contributed by atoms with van der Waals surface area (Å²) in [5.74, 6) is 3.45. The summed E-state index contributed by atoms with van der Waals surface area (Å²) in [6.45, 7) is 1.92. The lowest BCUT2D eigenvalue weighted by Crippen LogP contribution is -2.31. The fraction of sp³-hybridized carbons (Fsp3) is 0.350. The number of benzene rings is 2. The molecule has 0 aliphatic carbocycles. The van der Waals surface area contributed by atoms with Crippen molar-refractivity contribution >= 4 is 29.4 Å². The third-order valence-electron chi connectivity index (χ3n) is 4.12. The molecule has 1 aliphatic rings. The van der Waals surface area contributed by atoms with E-state index in [-0.39, 0.29) is 18.6 Å². The second-order valence-electron chi connectivity index (χ2n) is 5.97. The lowest BCUT2D eigenvalue weighted by Gasteiger charge is -2.16. The quantitative estimate of drug-likeness (QED) is 0.759. The minimum absolute atomic E-state index is 0.0419. The average molecular weight is 390 g/mol. The Hall–Kier alpha value is -1.79.